The van der Waals surface area contributed by atoms with Crippen LogP contribution in [0.1, 0.15) is 66.6 Å². The molecule has 1 heterocycles. The van der Waals surface area contributed by atoms with E-state index in [2.05, 4.69) is 5.32 Å². The monoisotopic (exact) mass is 407 g/mol. The van der Waals surface area contributed by atoms with Gasteiger partial charge in [-0.05, 0) is 65.9 Å². The van der Waals surface area contributed by atoms with Crippen LogP contribution in [0.2, 0.25) is 0 Å². The Hall–Kier alpha value is -1.61. The molecule has 0 aromatic heterocycles. The smallest absolute Gasteiger partial charge is 0.444 e. The van der Waals surface area contributed by atoms with Gasteiger partial charge in [0.05, 0.1) is 17.3 Å². The Labute approximate surface area is 173 Å². The SMILES string of the molecule is CC(C)(C)OC(=O)NCCC(O)C(O)c1cccc(B2OC(C)(C)C(C)(C)O2)c1. The molecular formula is C21H34BNO6. The van der Waals surface area contributed by atoms with Crippen molar-refractivity contribution in [3.8, 4) is 0 Å². The zero-order valence-corrected chi connectivity index (χ0v) is 18.5. The number of benzene rings is 1. The number of nitrogens with one attached hydrogen (secondary N) is 1. The minimum Gasteiger partial charge on any atom is -0.444 e. The van der Waals surface area contributed by atoms with Gasteiger partial charge in [-0.2, -0.15) is 0 Å². The fourth-order valence-electron chi connectivity index (χ4n) is 2.89. The molecule has 162 valence electrons. The third-order valence-electron chi connectivity index (χ3n) is 5.25. The lowest BCUT2D eigenvalue weighted by molar-refractivity contribution is 0.00578. The number of carbonyl (C=O) groups is 1. The van der Waals surface area contributed by atoms with Crippen LogP contribution in [0.4, 0.5) is 4.79 Å². The summed E-state index contributed by atoms with van der Waals surface area (Å²) in [4.78, 5) is 11.7. The molecular weight excluding hydrogens is 373 g/mol. The van der Waals surface area contributed by atoms with E-state index in [9.17, 15) is 15.0 Å². The van der Waals surface area contributed by atoms with Crippen LogP contribution in [0.5, 0.6) is 0 Å². The Morgan fingerprint density at radius 2 is 1.76 bits per heavy atom. The predicted molar refractivity (Wildman–Crippen MR) is 112 cm³/mol. The second-order valence-electron chi connectivity index (χ2n) is 9.49. The van der Waals surface area contributed by atoms with Gasteiger partial charge in [0, 0.05) is 6.54 Å². The van der Waals surface area contributed by atoms with E-state index >= 15 is 0 Å². The first kappa shape index (κ1) is 23.7. The Bertz CT molecular complexity index is 699. The van der Waals surface area contributed by atoms with Gasteiger partial charge in [0.25, 0.3) is 0 Å². The quantitative estimate of drug-likeness (QED) is 0.627. The molecule has 2 unspecified atom stereocenters. The number of ether oxygens (including phenoxy) is 1. The van der Waals surface area contributed by atoms with Crippen LogP contribution in [0.25, 0.3) is 0 Å². The summed E-state index contributed by atoms with van der Waals surface area (Å²) in [6.45, 7) is 13.4. The largest absolute Gasteiger partial charge is 0.494 e. The number of aliphatic hydroxyl groups excluding tert-OH is 2. The van der Waals surface area contributed by atoms with Crippen LogP contribution in [0.3, 0.4) is 0 Å². The van der Waals surface area contributed by atoms with E-state index in [0.717, 1.165) is 5.46 Å². The molecule has 8 heteroatoms. The summed E-state index contributed by atoms with van der Waals surface area (Å²) in [6, 6.07) is 7.18. The zero-order valence-electron chi connectivity index (χ0n) is 18.5. The summed E-state index contributed by atoms with van der Waals surface area (Å²) >= 11 is 0. The molecule has 0 aliphatic carbocycles. The maximum Gasteiger partial charge on any atom is 0.494 e. The van der Waals surface area contributed by atoms with Crippen molar-refractivity contribution in [3.05, 3.63) is 29.8 Å². The van der Waals surface area contributed by atoms with Gasteiger partial charge in [0.2, 0.25) is 0 Å². The van der Waals surface area contributed by atoms with Gasteiger partial charge in [-0.3, -0.25) is 0 Å². The Morgan fingerprint density at radius 3 is 2.31 bits per heavy atom. The molecule has 0 saturated carbocycles. The molecule has 1 aliphatic heterocycles. The molecule has 29 heavy (non-hydrogen) atoms. The van der Waals surface area contributed by atoms with Gasteiger partial charge in [0.15, 0.2) is 0 Å². The van der Waals surface area contributed by atoms with Crippen LogP contribution < -0.4 is 10.8 Å². The Kier molecular flexibility index (Phi) is 7.05. The van der Waals surface area contributed by atoms with Crippen molar-refractivity contribution in [3.63, 3.8) is 0 Å². The van der Waals surface area contributed by atoms with Gasteiger partial charge in [-0.1, -0.05) is 24.3 Å². The fourth-order valence-corrected chi connectivity index (χ4v) is 2.89. The fraction of sp³-hybridized carbons (Fsp3) is 0.667. The highest BCUT2D eigenvalue weighted by Crippen LogP contribution is 2.36. The lowest BCUT2D eigenvalue weighted by Crippen LogP contribution is -2.41. The van der Waals surface area contributed by atoms with Crippen molar-refractivity contribution in [1.82, 2.24) is 5.32 Å². The van der Waals surface area contributed by atoms with E-state index in [1.165, 1.54) is 0 Å². The van der Waals surface area contributed by atoms with E-state index in [4.69, 9.17) is 14.0 Å². The molecule has 1 amide bonds. The molecule has 0 bridgehead atoms. The number of hydrogen-bond acceptors (Lipinski definition) is 6. The van der Waals surface area contributed by atoms with Gasteiger partial charge in [-0.15, -0.1) is 0 Å². The minimum atomic E-state index is -1.10. The lowest BCUT2D eigenvalue weighted by Gasteiger charge is -2.32. The highest BCUT2D eigenvalue weighted by Gasteiger charge is 2.51. The molecule has 1 saturated heterocycles. The maximum atomic E-state index is 11.7. The number of alkyl carbamates (subject to hydrolysis) is 1. The van der Waals surface area contributed by atoms with Crippen molar-refractivity contribution >= 4 is 18.7 Å². The van der Waals surface area contributed by atoms with E-state index < -0.39 is 42.2 Å². The highest BCUT2D eigenvalue weighted by atomic mass is 16.7. The third-order valence-corrected chi connectivity index (χ3v) is 5.25. The van der Waals surface area contributed by atoms with Gasteiger partial charge in [-0.25, -0.2) is 4.79 Å². The predicted octanol–water partition coefficient (Wildman–Crippen LogP) is 2.29. The Morgan fingerprint density at radius 1 is 1.17 bits per heavy atom. The van der Waals surface area contributed by atoms with Gasteiger partial charge in [0.1, 0.15) is 11.7 Å². The molecule has 0 spiro atoms. The van der Waals surface area contributed by atoms with Crippen molar-refractivity contribution in [2.45, 2.75) is 83.9 Å². The van der Waals surface area contributed by atoms with Gasteiger partial charge >= 0.3 is 13.2 Å². The summed E-state index contributed by atoms with van der Waals surface area (Å²) < 4.78 is 17.2. The van der Waals surface area contributed by atoms with Crippen LogP contribution in [0, 0.1) is 0 Å². The second-order valence-corrected chi connectivity index (χ2v) is 9.49. The van der Waals surface area contributed by atoms with Crippen LogP contribution in [-0.2, 0) is 14.0 Å². The molecule has 1 fully saturated rings. The molecule has 0 radical (unpaired) electrons. The van der Waals surface area contributed by atoms with Crippen molar-refractivity contribution in [1.29, 1.82) is 0 Å². The maximum absolute atomic E-state index is 11.7. The van der Waals surface area contributed by atoms with Crippen LogP contribution in [0.15, 0.2) is 24.3 Å². The van der Waals surface area contributed by atoms with E-state index in [1.807, 2.05) is 33.8 Å². The summed E-state index contributed by atoms with van der Waals surface area (Å²) in [6.07, 6.45) is -2.51. The molecule has 2 atom stereocenters. The number of carbonyl (C=O) groups excluding carboxylic acids is 1. The number of hydrogen-bond donors (Lipinski definition) is 3. The average molecular weight is 407 g/mol. The molecule has 3 N–H and O–H groups in total. The lowest BCUT2D eigenvalue weighted by atomic mass is 9.78. The van der Waals surface area contributed by atoms with Crippen molar-refractivity contribution in [2.24, 2.45) is 0 Å². The topological polar surface area (TPSA) is 97.3 Å². The average Bonchev–Trinajstić information content (AvgIpc) is 2.80. The first-order valence-corrected chi connectivity index (χ1v) is 10.0. The first-order chi connectivity index (χ1) is 13.2. The van der Waals surface area contributed by atoms with Crippen molar-refractivity contribution in [2.75, 3.05) is 6.54 Å². The van der Waals surface area contributed by atoms with Crippen LogP contribution >= 0.6 is 0 Å². The molecule has 1 aliphatic rings. The molecule has 2 rings (SSSR count). The number of rotatable bonds is 6. The summed E-state index contributed by atoms with van der Waals surface area (Å²) in [5, 5.41) is 23.5. The molecule has 1 aromatic carbocycles. The normalized spacial score (nSPS) is 20.2. The first-order valence-electron chi connectivity index (χ1n) is 10.0. The number of aliphatic hydroxyl groups is 2. The van der Waals surface area contributed by atoms with E-state index in [0.29, 0.717) is 5.56 Å². The van der Waals surface area contributed by atoms with Crippen molar-refractivity contribution < 1.29 is 29.1 Å². The number of amides is 1. The Balaban J connectivity index is 1.95. The minimum absolute atomic E-state index is 0.182. The van der Waals surface area contributed by atoms with Gasteiger partial charge < -0.3 is 29.6 Å². The zero-order chi connectivity index (χ0) is 22.0. The summed E-state index contributed by atoms with van der Waals surface area (Å²) in [7, 11) is -0.543. The highest BCUT2D eigenvalue weighted by molar-refractivity contribution is 6.62. The van der Waals surface area contributed by atoms with E-state index in [-0.39, 0.29) is 13.0 Å². The molecule has 7 nitrogen and oxygen atoms in total. The summed E-state index contributed by atoms with van der Waals surface area (Å²) in [5.41, 5.74) is -0.171. The third kappa shape index (κ3) is 6.19. The van der Waals surface area contributed by atoms with E-state index in [1.54, 1.807) is 39.0 Å². The molecule has 1 aromatic rings. The standard InChI is InChI=1S/C21H34BNO6/c1-19(2,3)27-18(26)23-12-11-16(24)17(25)14-9-8-10-15(13-14)22-28-20(4,5)21(6,7)29-22/h8-10,13,16-17,24-25H,11-12H2,1-7H3,(H,23,26). The second kappa shape index (κ2) is 8.64. The summed E-state index contributed by atoms with van der Waals surface area (Å²) in [5.74, 6) is 0. The van der Waals surface area contributed by atoms with Crippen LogP contribution in [-0.4, -0.2) is 52.9 Å².